The van der Waals surface area contributed by atoms with E-state index in [-0.39, 0.29) is 5.91 Å². The number of aromatic nitrogens is 1. The molecule has 1 amide bonds. The Morgan fingerprint density at radius 2 is 2.31 bits per heavy atom. The number of rotatable bonds is 2. The highest BCUT2D eigenvalue weighted by molar-refractivity contribution is 9.10. The van der Waals surface area contributed by atoms with Crippen LogP contribution in [0.5, 0.6) is 0 Å². The number of amides is 1. The Kier molecular flexibility index (Phi) is 3.64. The molecule has 0 radical (unpaired) electrons. The number of halogens is 2. The minimum Gasteiger partial charge on any atom is -0.296 e. The Labute approximate surface area is 111 Å². The SMILES string of the molecule is Cc1nc(N2CC(CBr)CC2=O)ccc1Br. The van der Waals surface area contributed by atoms with Crippen molar-refractivity contribution >= 4 is 43.6 Å². The number of carbonyl (C=O) groups is 1. The average Bonchev–Trinajstić information content (AvgIpc) is 2.64. The largest absolute Gasteiger partial charge is 0.296 e. The molecule has 1 fully saturated rings. The van der Waals surface area contributed by atoms with Crippen LogP contribution in [0.2, 0.25) is 0 Å². The molecule has 0 spiro atoms. The van der Waals surface area contributed by atoms with Gasteiger partial charge in [-0.25, -0.2) is 4.98 Å². The lowest BCUT2D eigenvalue weighted by Gasteiger charge is -2.16. The van der Waals surface area contributed by atoms with Crippen molar-refractivity contribution in [3.8, 4) is 0 Å². The molecule has 3 nitrogen and oxygen atoms in total. The number of hydrogen-bond donors (Lipinski definition) is 0. The van der Waals surface area contributed by atoms with E-state index in [9.17, 15) is 4.79 Å². The molecule has 2 heterocycles. The Morgan fingerprint density at radius 3 is 2.88 bits per heavy atom. The quantitative estimate of drug-likeness (QED) is 0.771. The van der Waals surface area contributed by atoms with Crippen LogP contribution in [-0.2, 0) is 4.79 Å². The fourth-order valence-electron chi connectivity index (χ4n) is 1.79. The molecule has 1 saturated heterocycles. The lowest BCUT2D eigenvalue weighted by molar-refractivity contribution is -0.117. The highest BCUT2D eigenvalue weighted by atomic mass is 79.9. The van der Waals surface area contributed by atoms with E-state index in [1.165, 1.54) is 0 Å². The second kappa shape index (κ2) is 4.84. The van der Waals surface area contributed by atoms with E-state index in [2.05, 4.69) is 36.8 Å². The molecule has 1 atom stereocenters. The Hall–Kier alpha value is -0.420. The monoisotopic (exact) mass is 346 g/mol. The van der Waals surface area contributed by atoms with Crippen molar-refractivity contribution in [2.45, 2.75) is 13.3 Å². The van der Waals surface area contributed by atoms with Gasteiger partial charge < -0.3 is 0 Å². The summed E-state index contributed by atoms with van der Waals surface area (Å²) in [6, 6.07) is 3.82. The second-order valence-corrected chi connectivity index (χ2v) is 5.47. The predicted molar refractivity (Wildman–Crippen MR) is 70.9 cm³/mol. The summed E-state index contributed by atoms with van der Waals surface area (Å²) in [6.07, 6.45) is 0.613. The predicted octanol–water partition coefficient (Wildman–Crippen LogP) is 2.90. The molecular weight excluding hydrogens is 336 g/mol. The zero-order valence-electron chi connectivity index (χ0n) is 8.91. The number of nitrogens with zero attached hydrogens (tertiary/aromatic N) is 2. The summed E-state index contributed by atoms with van der Waals surface area (Å²) < 4.78 is 0.972. The number of anilines is 1. The van der Waals surface area contributed by atoms with Crippen LogP contribution in [0, 0.1) is 12.8 Å². The van der Waals surface area contributed by atoms with Gasteiger partial charge in [0.2, 0.25) is 5.91 Å². The van der Waals surface area contributed by atoms with Crippen LogP contribution in [0.4, 0.5) is 5.82 Å². The zero-order chi connectivity index (χ0) is 11.7. The summed E-state index contributed by atoms with van der Waals surface area (Å²) in [7, 11) is 0. The van der Waals surface area contributed by atoms with E-state index in [1.807, 2.05) is 19.1 Å². The highest BCUT2D eigenvalue weighted by Gasteiger charge is 2.30. The van der Waals surface area contributed by atoms with Gasteiger partial charge in [0.15, 0.2) is 0 Å². The van der Waals surface area contributed by atoms with Crippen molar-refractivity contribution in [1.82, 2.24) is 4.98 Å². The third-order valence-electron chi connectivity index (χ3n) is 2.71. The maximum atomic E-state index is 11.8. The van der Waals surface area contributed by atoms with E-state index >= 15 is 0 Å². The fraction of sp³-hybridized carbons (Fsp3) is 0.455. The molecule has 2 rings (SSSR count). The van der Waals surface area contributed by atoms with Crippen molar-refractivity contribution in [2.24, 2.45) is 5.92 Å². The summed E-state index contributed by atoms with van der Waals surface area (Å²) in [5.74, 6) is 1.33. The van der Waals surface area contributed by atoms with Crippen LogP contribution in [0.1, 0.15) is 12.1 Å². The molecule has 1 unspecified atom stereocenters. The van der Waals surface area contributed by atoms with Crippen molar-refractivity contribution in [2.75, 3.05) is 16.8 Å². The maximum Gasteiger partial charge on any atom is 0.228 e. The molecule has 0 aromatic carbocycles. The molecule has 1 aromatic heterocycles. The Morgan fingerprint density at radius 1 is 1.56 bits per heavy atom. The molecule has 0 N–H and O–H groups in total. The molecular formula is C11H12Br2N2O. The molecule has 86 valence electrons. The van der Waals surface area contributed by atoms with Gasteiger partial charge in [0.05, 0.1) is 5.69 Å². The molecule has 0 aliphatic carbocycles. The van der Waals surface area contributed by atoms with Crippen LogP contribution < -0.4 is 4.90 Å². The van der Waals surface area contributed by atoms with Crippen LogP contribution in [0.3, 0.4) is 0 Å². The van der Waals surface area contributed by atoms with Gasteiger partial charge in [-0.1, -0.05) is 15.9 Å². The third-order valence-corrected chi connectivity index (χ3v) is 4.46. The standard InChI is InChI=1S/C11H12Br2N2O/c1-7-9(13)2-3-10(14-7)15-6-8(5-12)4-11(15)16/h2-3,8H,4-6H2,1H3. The number of alkyl halides is 1. The van der Waals surface area contributed by atoms with Gasteiger partial charge in [0.25, 0.3) is 0 Å². The van der Waals surface area contributed by atoms with Gasteiger partial charge >= 0.3 is 0 Å². The van der Waals surface area contributed by atoms with E-state index in [1.54, 1.807) is 4.90 Å². The molecule has 1 aliphatic heterocycles. The first kappa shape index (κ1) is 12.0. The van der Waals surface area contributed by atoms with Crippen LogP contribution in [-0.4, -0.2) is 22.8 Å². The topological polar surface area (TPSA) is 33.2 Å². The minimum atomic E-state index is 0.165. The summed E-state index contributed by atoms with van der Waals surface area (Å²) in [6.45, 7) is 2.69. The second-order valence-electron chi connectivity index (χ2n) is 3.97. The average molecular weight is 348 g/mol. The normalized spacial score (nSPS) is 20.6. The van der Waals surface area contributed by atoms with E-state index in [0.717, 1.165) is 27.9 Å². The summed E-state index contributed by atoms with van der Waals surface area (Å²) in [5.41, 5.74) is 0.910. The number of hydrogen-bond acceptors (Lipinski definition) is 2. The first-order valence-corrected chi connectivity index (χ1v) is 7.02. The molecule has 0 bridgehead atoms. The van der Waals surface area contributed by atoms with E-state index in [4.69, 9.17) is 0 Å². The Bertz CT molecular complexity index is 422. The first-order valence-electron chi connectivity index (χ1n) is 5.11. The van der Waals surface area contributed by atoms with Gasteiger partial charge in [0, 0.05) is 22.8 Å². The number of carbonyl (C=O) groups excluding carboxylic acids is 1. The lowest BCUT2D eigenvalue weighted by Crippen LogP contribution is -2.25. The van der Waals surface area contributed by atoms with Crippen molar-refractivity contribution < 1.29 is 4.79 Å². The van der Waals surface area contributed by atoms with Gasteiger partial charge in [-0.3, -0.25) is 9.69 Å². The van der Waals surface area contributed by atoms with Crippen LogP contribution in [0.15, 0.2) is 16.6 Å². The smallest absolute Gasteiger partial charge is 0.228 e. The summed E-state index contributed by atoms with van der Waals surface area (Å²) in [5, 5.41) is 0.866. The number of aryl methyl sites for hydroxylation is 1. The third kappa shape index (κ3) is 2.30. The molecule has 1 aliphatic rings. The fourth-order valence-corrected chi connectivity index (χ4v) is 2.44. The van der Waals surface area contributed by atoms with Crippen LogP contribution >= 0.6 is 31.9 Å². The van der Waals surface area contributed by atoms with Crippen molar-refractivity contribution in [1.29, 1.82) is 0 Å². The summed E-state index contributed by atoms with van der Waals surface area (Å²) >= 11 is 6.83. The van der Waals surface area contributed by atoms with E-state index in [0.29, 0.717) is 12.3 Å². The highest BCUT2D eigenvalue weighted by Crippen LogP contribution is 2.26. The molecule has 1 aromatic rings. The van der Waals surface area contributed by atoms with E-state index < -0.39 is 0 Å². The van der Waals surface area contributed by atoms with Crippen LogP contribution in [0.25, 0.3) is 0 Å². The molecule has 0 saturated carbocycles. The maximum absolute atomic E-state index is 11.8. The van der Waals surface area contributed by atoms with Crippen molar-refractivity contribution in [3.63, 3.8) is 0 Å². The van der Waals surface area contributed by atoms with Gasteiger partial charge in [-0.15, -0.1) is 0 Å². The summed E-state index contributed by atoms with van der Waals surface area (Å²) in [4.78, 5) is 18.0. The minimum absolute atomic E-state index is 0.165. The zero-order valence-corrected chi connectivity index (χ0v) is 12.1. The van der Waals surface area contributed by atoms with Gasteiger partial charge in [-0.2, -0.15) is 0 Å². The first-order chi connectivity index (χ1) is 7.61. The van der Waals surface area contributed by atoms with Gasteiger partial charge in [-0.05, 0) is 40.9 Å². The molecule has 16 heavy (non-hydrogen) atoms. The Balaban J connectivity index is 2.24. The lowest BCUT2D eigenvalue weighted by atomic mass is 10.2. The number of pyridine rings is 1. The van der Waals surface area contributed by atoms with Gasteiger partial charge in [0.1, 0.15) is 5.82 Å². The molecule has 5 heteroatoms. The van der Waals surface area contributed by atoms with Crippen molar-refractivity contribution in [3.05, 3.63) is 22.3 Å².